The number of hydrogen-bond donors (Lipinski definition) is 2. The van der Waals surface area contributed by atoms with Crippen molar-refractivity contribution in [3.63, 3.8) is 0 Å². The molecule has 2 fully saturated rings. The molecule has 1 aromatic rings. The lowest BCUT2D eigenvalue weighted by atomic mass is 9.99. The molecule has 0 aromatic carbocycles. The summed E-state index contributed by atoms with van der Waals surface area (Å²) in [6, 6.07) is 2.71. The van der Waals surface area contributed by atoms with E-state index < -0.39 is 0 Å². The molecular formula is C15H26N6. The van der Waals surface area contributed by atoms with Crippen LogP contribution in [0.5, 0.6) is 0 Å². The van der Waals surface area contributed by atoms with Crippen molar-refractivity contribution in [2.24, 2.45) is 0 Å². The topological polar surface area (TPSA) is 70.3 Å². The Balaban J connectivity index is 1.72. The molecule has 2 aliphatic heterocycles. The molecule has 3 rings (SSSR count). The first-order valence-corrected chi connectivity index (χ1v) is 8.13. The maximum atomic E-state index is 5.87. The normalized spacial score (nSPS) is 22.9. The molecule has 6 heteroatoms. The zero-order valence-corrected chi connectivity index (χ0v) is 12.9. The summed E-state index contributed by atoms with van der Waals surface area (Å²) in [5.74, 6) is 2.16. The highest BCUT2D eigenvalue weighted by atomic mass is 15.3. The van der Waals surface area contributed by atoms with E-state index in [2.05, 4.69) is 32.0 Å². The van der Waals surface area contributed by atoms with Crippen molar-refractivity contribution >= 4 is 17.6 Å². The minimum Gasteiger partial charge on any atom is -0.370 e. The van der Waals surface area contributed by atoms with Gasteiger partial charge in [0.05, 0.1) is 0 Å². The first-order chi connectivity index (χ1) is 10.3. The summed E-state index contributed by atoms with van der Waals surface area (Å²) < 4.78 is 0. The van der Waals surface area contributed by atoms with E-state index in [4.69, 9.17) is 5.73 Å². The quantitative estimate of drug-likeness (QED) is 0.877. The molecule has 1 unspecified atom stereocenters. The Morgan fingerprint density at radius 1 is 1.29 bits per heavy atom. The number of anilines is 3. The van der Waals surface area contributed by atoms with Crippen molar-refractivity contribution in [1.82, 2.24) is 14.9 Å². The molecule has 2 saturated heterocycles. The van der Waals surface area contributed by atoms with Gasteiger partial charge >= 0.3 is 0 Å². The van der Waals surface area contributed by atoms with Crippen LogP contribution in [0.25, 0.3) is 0 Å². The standard InChI is InChI=1S/C15H26N6/c1-2-6-17-13-10-14(19-15(16)18-13)21-9-8-20-7-4-3-5-12(20)11-21/h10,12H,2-9,11H2,1H3,(H3,16,17,18,19). The van der Waals surface area contributed by atoms with Crippen LogP contribution < -0.4 is 16.0 Å². The molecule has 0 aliphatic carbocycles. The summed E-state index contributed by atoms with van der Waals surface area (Å²) in [5.41, 5.74) is 5.87. The van der Waals surface area contributed by atoms with Crippen molar-refractivity contribution in [2.45, 2.75) is 38.6 Å². The Morgan fingerprint density at radius 2 is 2.19 bits per heavy atom. The second kappa shape index (κ2) is 6.47. The van der Waals surface area contributed by atoms with E-state index in [0.29, 0.717) is 12.0 Å². The maximum Gasteiger partial charge on any atom is 0.223 e. The fourth-order valence-electron chi connectivity index (χ4n) is 3.32. The second-order valence-corrected chi connectivity index (χ2v) is 6.03. The van der Waals surface area contributed by atoms with Crippen molar-refractivity contribution < 1.29 is 0 Å². The van der Waals surface area contributed by atoms with Gasteiger partial charge in [-0.1, -0.05) is 13.3 Å². The highest BCUT2D eigenvalue weighted by Crippen LogP contribution is 2.25. The van der Waals surface area contributed by atoms with Gasteiger partial charge in [-0.15, -0.1) is 0 Å². The zero-order chi connectivity index (χ0) is 14.7. The molecule has 0 saturated carbocycles. The van der Waals surface area contributed by atoms with Crippen LogP contribution >= 0.6 is 0 Å². The van der Waals surface area contributed by atoms with Gasteiger partial charge in [-0.3, -0.25) is 4.90 Å². The van der Waals surface area contributed by atoms with Crippen LogP contribution in [0.3, 0.4) is 0 Å². The fourth-order valence-corrected chi connectivity index (χ4v) is 3.32. The zero-order valence-electron chi connectivity index (χ0n) is 12.9. The molecule has 116 valence electrons. The lowest BCUT2D eigenvalue weighted by Crippen LogP contribution is -2.55. The van der Waals surface area contributed by atoms with Crippen molar-refractivity contribution in [3.05, 3.63) is 6.07 Å². The van der Waals surface area contributed by atoms with Crippen LogP contribution in [-0.2, 0) is 0 Å². The lowest BCUT2D eigenvalue weighted by molar-refractivity contribution is 0.133. The molecule has 3 N–H and O–H groups in total. The molecule has 0 radical (unpaired) electrons. The number of nitrogen functional groups attached to an aromatic ring is 1. The summed E-state index contributed by atoms with van der Waals surface area (Å²) in [5, 5.41) is 3.30. The third-order valence-corrected chi connectivity index (χ3v) is 4.45. The molecule has 0 amide bonds. The lowest BCUT2D eigenvalue weighted by Gasteiger charge is -2.44. The summed E-state index contributed by atoms with van der Waals surface area (Å²) in [7, 11) is 0. The second-order valence-electron chi connectivity index (χ2n) is 6.03. The predicted octanol–water partition coefficient (Wildman–Crippen LogP) is 1.56. The number of aromatic nitrogens is 2. The van der Waals surface area contributed by atoms with Crippen molar-refractivity contribution in [2.75, 3.05) is 48.7 Å². The first-order valence-electron chi connectivity index (χ1n) is 8.13. The smallest absolute Gasteiger partial charge is 0.223 e. The van der Waals surface area contributed by atoms with Gasteiger partial charge in [-0.2, -0.15) is 9.97 Å². The third-order valence-electron chi connectivity index (χ3n) is 4.45. The molecule has 21 heavy (non-hydrogen) atoms. The van der Waals surface area contributed by atoms with Crippen LogP contribution in [0.2, 0.25) is 0 Å². The van der Waals surface area contributed by atoms with Crippen LogP contribution in [0, 0.1) is 0 Å². The highest BCUT2D eigenvalue weighted by Gasteiger charge is 2.29. The summed E-state index contributed by atoms with van der Waals surface area (Å²) >= 11 is 0. The average Bonchev–Trinajstić information content (AvgIpc) is 2.52. The van der Waals surface area contributed by atoms with Crippen LogP contribution in [-0.4, -0.2) is 53.6 Å². The fraction of sp³-hybridized carbons (Fsp3) is 0.733. The van der Waals surface area contributed by atoms with Gasteiger partial charge in [0.25, 0.3) is 0 Å². The Hall–Kier alpha value is -1.56. The average molecular weight is 290 g/mol. The van der Waals surface area contributed by atoms with E-state index in [-0.39, 0.29) is 0 Å². The number of hydrogen-bond acceptors (Lipinski definition) is 6. The summed E-state index contributed by atoms with van der Waals surface area (Å²) in [4.78, 5) is 13.7. The largest absolute Gasteiger partial charge is 0.370 e. The first kappa shape index (κ1) is 14.4. The van der Waals surface area contributed by atoms with Crippen LogP contribution in [0.15, 0.2) is 6.07 Å². The minimum absolute atomic E-state index is 0.358. The molecule has 2 aliphatic rings. The SMILES string of the molecule is CCCNc1cc(N2CCN3CCCCC3C2)nc(N)n1. The maximum absolute atomic E-state index is 5.87. The predicted molar refractivity (Wildman–Crippen MR) is 86.7 cm³/mol. The minimum atomic E-state index is 0.358. The van der Waals surface area contributed by atoms with E-state index in [1.54, 1.807) is 0 Å². The molecule has 1 aromatic heterocycles. The highest BCUT2D eigenvalue weighted by molar-refractivity contribution is 5.53. The van der Waals surface area contributed by atoms with Gasteiger partial charge in [-0.25, -0.2) is 0 Å². The van der Waals surface area contributed by atoms with E-state index in [9.17, 15) is 0 Å². The Morgan fingerprint density at radius 3 is 3.05 bits per heavy atom. The van der Waals surface area contributed by atoms with E-state index in [1.165, 1.54) is 25.8 Å². The number of nitrogens with one attached hydrogen (secondary N) is 1. The monoisotopic (exact) mass is 290 g/mol. The number of nitrogens with zero attached hydrogens (tertiary/aromatic N) is 4. The summed E-state index contributed by atoms with van der Waals surface area (Å²) in [6.45, 7) is 7.52. The van der Waals surface area contributed by atoms with Gasteiger partial charge in [0.2, 0.25) is 5.95 Å². The van der Waals surface area contributed by atoms with Crippen LogP contribution in [0.1, 0.15) is 32.6 Å². The van der Waals surface area contributed by atoms with Crippen LogP contribution in [0.4, 0.5) is 17.6 Å². The molecule has 3 heterocycles. The van der Waals surface area contributed by atoms with Gasteiger partial charge in [0, 0.05) is 38.3 Å². The van der Waals surface area contributed by atoms with Gasteiger partial charge in [-0.05, 0) is 25.8 Å². The van der Waals surface area contributed by atoms with Gasteiger partial charge in [0.1, 0.15) is 11.6 Å². The number of nitrogens with two attached hydrogens (primary N) is 1. The molecule has 6 nitrogen and oxygen atoms in total. The molecule has 0 bridgehead atoms. The van der Waals surface area contributed by atoms with Gasteiger partial charge in [0.15, 0.2) is 0 Å². The molecule has 0 spiro atoms. The van der Waals surface area contributed by atoms with E-state index in [1.807, 2.05) is 6.07 Å². The molecule has 1 atom stereocenters. The summed E-state index contributed by atoms with van der Waals surface area (Å²) in [6.07, 6.45) is 5.07. The Labute approximate surface area is 126 Å². The van der Waals surface area contributed by atoms with E-state index >= 15 is 0 Å². The van der Waals surface area contributed by atoms with Crippen molar-refractivity contribution in [3.8, 4) is 0 Å². The Kier molecular flexibility index (Phi) is 4.43. The number of rotatable bonds is 4. The number of piperidine rings is 1. The van der Waals surface area contributed by atoms with Gasteiger partial charge < -0.3 is 16.0 Å². The molecular weight excluding hydrogens is 264 g/mol. The third kappa shape index (κ3) is 3.37. The Bertz CT molecular complexity index is 477. The van der Waals surface area contributed by atoms with E-state index in [0.717, 1.165) is 44.2 Å². The number of fused-ring (bicyclic) bond motifs is 1. The number of piperazine rings is 1. The van der Waals surface area contributed by atoms with Crippen molar-refractivity contribution in [1.29, 1.82) is 0 Å².